The fraction of sp³-hybridized carbons (Fsp3) is 0.357. The molecule has 1 unspecified atom stereocenters. The van der Waals surface area contributed by atoms with Crippen molar-refractivity contribution in [1.29, 1.82) is 0 Å². The van der Waals surface area contributed by atoms with Gasteiger partial charge in [0.05, 0.1) is 6.04 Å². The molecule has 1 amide bonds. The summed E-state index contributed by atoms with van der Waals surface area (Å²) in [6, 6.07) is 9.21. The molecule has 0 saturated carbocycles. The molecule has 1 aromatic heterocycles. The van der Waals surface area contributed by atoms with Crippen molar-refractivity contribution in [3.8, 4) is 11.5 Å². The summed E-state index contributed by atoms with van der Waals surface area (Å²) < 4.78 is 5.20. The summed E-state index contributed by atoms with van der Waals surface area (Å²) in [5, 5.41) is 6.72. The molecule has 1 aromatic carbocycles. The summed E-state index contributed by atoms with van der Waals surface area (Å²) >= 11 is 0. The molecule has 2 rings (SSSR count). The molecule has 0 saturated heterocycles. The van der Waals surface area contributed by atoms with Crippen LogP contribution in [0.3, 0.4) is 0 Å². The Kier molecular flexibility index (Phi) is 4.84. The molecule has 3 N–H and O–H groups in total. The van der Waals surface area contributed by atoms with Crippen molar-refractivity contribution in [2.24, 2.45) is 5.73 Å². The normalized spacial score (nSPS) is 12.1. The Morgan fingerprint density at radius 3 is 2.85 bits per heavy atom. The van der Waals surface area contributed by atoms with Crippen LogP contribution in [-0.2, 0) is 4.79 Å². The number of hydrogen-bond donors (Lipinski definition) is 2. The monoisotopic (exact) mass is 274 g/mol. The van der Waals surface area contributed by atoms with E-state index in [1.54, 1.807) is 0 Å². The van der Waals surface area contributed by atoms with Gasteiger partial charge in [0.1, 0.15) is 0 Å². The van der Waals surface area contributed by atoms with Gasteiger partial charge in [-0.05, 0) is 32.0 Å². The van der Waals surface area contributed by atoms with E-state index in [1.807, 2.05) is 37.3 Å². The average molecular weight is 274 g/mol. The summed E-state index contributed by atoms with van der Waals surface area (Å²) in [6.07, 6.45) is 1.07. The van der Waals surface area contributed by atoms with E-state index in [0.717, 1.165) is 5.56 Å². The maximum Gasteiger partial charge on any atom is 0.257 e. The fourth-order valence-electron chi connectivity index (χ4n) is 1.75. The molecule has 6 heteroatoms. The van der Waals surface area contributed by atoms with Crippen molar-refractivity contribution in [2.45, 2.75) is 25.8 Å². The third-order valence-corrected chi connectivity index (χ3v) is 2.84. The van der Waals surface area contributed by atoms with Crippen LogP contribution in [0.5, 0.6) is 0 Å². The molecule has 0 aliphatic carbocycles. The van der Waals surface area contributed by atoms with E-state index in [1.165, 1.54) is 0 Å². The van der Waals surface area contributed by atoms with Gasteiger partial charge < -0.3 is 15.6 Å². The lowest BCUT2D eigenvalue weighted by Gasteiger charge is -2.09. The fourth-order valence-corrected chi connectivity index (χ4v) is 1.75. The van der Waals surface area contributed by atoms with E-state index in [0.29, 0.717) is 31.1 Å². The molecule has 106 valence electrons. The minimum atomic E-state index is -0.290. The van der Waals surface area contributed by atoms with Crippen LogP contribution in [0.15, 0.2) is 34.9 Å². The van der Waals surface area contributed by atoms with Crippen molar-refractivity contribution < 1.29 is 9.32 Å². The van der Waals surface area contributed by atoms with E-state index in [-0.39, 0.29) is 11.9 Å². The van der Waals surface area contributed by atoms with E-state index < -0.39 is 0 Å². The predicted octanol–water partition coefficient (Wildman–Crippen LogP) is 1.65. The molecule has 2 aromatic rings. The molecule has 1 heterocycles. The van der Waals surface area contributed by atoms with Gasteiger partial charge in [-0.2, -0.15) is 4.98 Å². The third kappa shape index (κ3) is 3.64. The molecule has 0 aliphatic heterocycles. The number of amides is 1. The summed E-state index contributed by atoms with van der Waals surface area (Å²) in [5.74, 6) is 0.850. The second kappa shape index (κ2) is 6.81. The lowest BCUT2D eigenvalue weighted by atomic mass is 10.2. The third-order valence-electron chi connectivity index (χ3n) is 2.84. The van der Waals surface area contributed by atoms with E-state index in [2.05, 4.69) is 15.5 Å². The Bertz CT molecular complexity index is 553. The number of rotatable bonds is 6. The Morgan fingerprint density at radius 1 is 1.40 bits per heavy atom. The first-order chi connectivity index (χ1) is 9.70. The van der Waals surface area contributed by atoms with Crippen molar-refractivity contribution in [1.82, 2.24) is 15.5 Å². The highest BCUT2D eigenvalue weighted by Gasteiger charge is 2.16. The second-order valence-electron chi connectivity index (χ2n) is 4.51. The first-order valence-electron chi connectivity index (χ1n) is 6.59. The zero-order chi connectivity index (χ0) is 14.4. The lowest BCUT2D eigenvalue weighted by Crippen LogP contribution is -2.27. The van der Waals surface area contributed by atoms with Gasteiger partial charge in [0.15, 0.2) is 5.82 Å². The highest BCUT2D eigenvalue weighted by molar-refractivity contribution is 5.76. The van der Waals surface area contributed by atoms with Crippen molar-refractivity contribution in [2.75, 3.05) is 6.54 Å². The summed E-state index contributed by atoms with van der Waals surface area (Å²) in [4.78, 5) is 15.9. The highest BCUT2D eigenvalue weighted by Crippen LogP contribution is 2.18. The number of nitrogens with zero attached hydrogens (tertiary/aromatic N) is 2. The standard InChI is InChI=1S/C14H18N4O2/c1-10(16-12(19)8-5-9-15)13-17-14(20-18-13)11-6-3-2-4-7-11/h2-4,6-7,10H,5,8-9,15H2,1H3,(H,16,19). The van der Waals surface area contributed by atoms with Gasteiger partial charge in [-0.3, -0.25) is 4.79 Å². The Balaban J connectivity index is 2.00. The van der Waals surface area contributed by atoms with Crippen LogP contribution in [-0.4, -0.2) is 22.6 Å². The van der Waals surface area contributed by atoms with Gasteiger partial charge >= 0.3 is 0 Å². The Morgan fingerprint density at radius 2 is 2.15 bits per heavy atom. The number of nitrogens with one attached hydrogen (secondary N) is 1. The SMILES string of the molecule is CC(NC(=O)CCCN)c1noc(-c2ccccc2)n1. The molecular formula is C14H18N4O2. The average Bonchev–Trinajstić information content (AvgIpc) is 2.96. The van der Waals surface area contributed by atoms with Gasteiger partial charge in [0.2, 0.25) is 5.91 Å². The topological polar surface area (TPSA) is 94.0 Å². The first kappa shape index (κ1) is 14.2. The smallest absolute Gasteiger partial charge is 0.257 e. The number of carbonyl (C=O) groups excluding carboxylic acids is 1. The number of nitrogens with two attached hydrogens (primary N) is 1. The van der Waals surface area contributed by atoms with Crippen LogP contribution in [0.2, 0.25) is 0 Å². The minimum Gasteiger partial charge on any atom is -0.346 e. The molecule has 0 spiro atoms. The summed E-state index contributed by atoms with van der Waals surface area (Å²) in [6.45, 7) is 2.32. The maximum absolute atomic E-state index is 11.6. The lowest BCUT2D eigenvalue weighted by molar-refractivity contribution is -0.121. The van der Waals surface area contributed by atoms with E-state index >= 15 is 0 Å². The van der Waals surface area contributed by atoms with Crippen LogP contribution >= 0.6 is 0 Å². The number of aromatic nitrogens is 2. The van der Waals surface area contributed by atoms with Gasteiger partial charge in [-0.25, -0.2) is 0 Å². The first-order valence-corrected chi connectivity index (χ1v) is 6.59. The van der Waals surface area contributed by atoms with Gasteiger partial charge in [-0.1, -0.05) is 23.4 Å². The number of hydrogen-bond acceptors (Lipinski definition) is 5. The van der Waals surface area contributed by atoms with Crippen LogP contribution in [0.4, 0.5) is 0 Å². The van der Waals surface area contributed by atoms with Crippen molar-refractivity contribution in [3.63, 3.8) is 0 Å². The molecule has 0 radical (unpaired) electrons. The minimum absolute atomic E-state index is 0.0611. The van der Waals surface area contributed by atoms with Gasteiger partial charge in [0.25, 0.3) is 5.89 Å². The number of benzene rings is 1. The summed E-state index contributed by atoms with van der Waals surface area (Å²) in [7, 11) is 0. The van der Waals surface area contributed by atoms with Crippen LogP contribution in [0, 0.1) is 0 Å². The van der Waals surface area contributed by atoms with Crippen LogP contribution < -0.4 is 11.1 Å². The Hall–Kier alpha value is -2.21. The van der Waals surface area contributed by atoms with Gasteiger partial charge in [-0.15, -0.1) is 0 Å². The molecule has 1 atom stereocenters. The molecule has 6 nitrogen and oxygen atoms in total. The van der Waals surface area contributed by atoms with Gasteiger partial charge in [0, 0.05) is 12.0 Å². The Labute approximate surface area is 117 Å². The number of carbonyl (C=O) groups is 1. The van der Waals surface area contributed by atoms with E-state index in [9.17, 15) is 4.79 Å². The molecule has 0 bridgehead atoms. The zero-order valence-electron chi connectivity index (χ0n) is 11.4. The largest absolute Gasteiger partial charge is 0.346 e. The van der Waals surface area contributed by atoms with Crippen LogP contribution in [0.1, 0.15) is 31.6 Å². The van der Waals surface area contributed by atoms with Crippen LogP contribution in [0.25, 0.3) is 11.5 Å². The zero-order valence-corrected chi connectivity index (χ0v) is 11.4. The molecular weight excluding hydrogens is 256 g/mol. The second-order valence-corrected chi connectivity index (χ2v) is 4.51. The molecule has 0 aliphatic rings. The maximum atomic E-state index is 11.6. The van der Waals surface area contributed by atoms with Crippen molar-refractivity contribution >= 4 is 5.91 Å². The van der Waals surface area contributed by atoms with Crippen molar-refractivity contribution in [3.05, 3.63) is 36.2 Å². The molecule has 20 heavy (non-hydrogen) atoms. The highest BCUT2D eigenvalue weighted by atomic mass is 16.5. The predicted molar refractivity (Wildman–Crippen MR) is 74.6 cm³/mol. The molecule has 0 fully saturated rings. The van der Waals surface area contributed by atoms with E-state index in [4.69, 9.17) is 10.3 Å². The summed E-state index contributed by atoms with van der Waals surface area (Å²) in [5.41, 5.74) is 6.22. The quantitative estimate of drug-likeness (QED) is 0.835.